The zero-order valence-corrected chi connectivity index (χ0v) is 20.7. The molecule has 0 aliphatic heterocycles. The summed E-state index contributed by atoms with van der Waals surface area (Å²) in [5.41, 5.74) is 6.35. The zero-order valence-electron chi connectivity index (χ0n) is 20.7. The number of Topliss-reactive ketones (excluding diaryl/α,β-unsaturated/α-hetero) is 2. The lowest BCUT2D eigenvalue weighted by atomic mass is 9.85. The number of benzene rings is 2. The summed E-state index contributed by atoms with van der Waals surface area (Å²) >= 11 is 0. The standard InChI is InChI=1S/C30H25N3O4/c1-17-13-23-24(14-18(17)2)30-27(29(36)28(23)35)19(3)25(37-30)16-32-21-7-9-22(10-8-21)33-26(34)11-6-20-5-4-12-31-15-20/h4-15,32H,16H2,1-3H3,(H,33,34)/b11-6+. The van der Waals surface area contributed by atoms with Crippen LogP contribution >= 0.6 is 0 Å². The van der Waals surface area contributed by atoms with Crippen molar-refractivity contribution in [2.24, 2.45) is 0 Å². The summed E-state index contributed by atoms with van der Waals surface area (Å²) in [4.78, 5) is 41.8. The predicted molar refractivity (Wildman–Crippen MR) is 143 cm³/mol. The molecule has 184 valence electrons. The predicted octanol–water partition coefficient (Wildman–Crippen LogP) is 5.91. The van der Waals surface area contributed by atoms with Crippen LogP contribution in [0.3, 0.4) is 0 Å². The Morgan fingerprint density at radius 2 is 1.65 bits per heavy atom. The largest absolute Gasteiger partial charge is 0.458 e. The molecule has 0 saturated carbocycles. The minimum absolute atomic E-state index is 0.244. The summed E-state index contributed by atoms with van der Waals surface area (Å²) in [5.74, 6) is -0.228. The third kappa shape index (κ3) is 4.71. The van der Waals surface area contributed by atoms with Gasteiger partial charge in [-0.05, 0) is 86.0 Å². The first kappa shape index (κ1) is 23.9. The van der Waals surface area contributed by atoms with Gasteiger partial charge in [0.15, 0.2) is 0 Å². The van der Waals surface area contributed by atoms with Gasteiger partial charge in [0.1, 0.15) is 11.5 Å². The number of nitrogens with one attached hydrogen (secondary N) is 2. The van der Waals surface area contributed by atoms with Crippen molar-refractivity contribution >= 4 is 34.9 Å². The molecule has 0 bridgehead atoms. The maximum Gasteiger partial charge on any atom is 0.248 e. The number of hydrogen-bond donors (Lipinski definition) is 2. The molecule has 5 rings (SSSR count). The van der Waals surface area contributed by atoms with Gasteiger partial charge in [-0.1, -0.05) is 6.07 Å². The molecule has 0 atom stereocenters. The van der Waals surface area contributed by atoms with Crippen LogP contribution in [0.25, 0.3) is 17.4 Å². The first-order chi connectivity index (χ1) is 17.8. The Kier molecular flexibility index (Phi) is 6.27. The summed E-state index contributed by atoms with van der Waals surface area (Å²) in [7, 11) is 0. The molecule has 1 aliphatic rings. The van der Waals surface area contributed by atoms with Gasteiger partial charge in [0, 0.05) is 46.5 Å². The average molecular weight is 492 g/mol. The van der Waals surface area contributed by atoms with Crippen LogP contribution in [0.15, 0.2) is 71.4 Å². The van der Waals surface area contributed by atoms with Crippen molar-refractivity contribution < 1.29 is 18.8 Å². The Bertz CT molecular complexity index is 1560. The lowest BCUT2D eigenvalue weighted by Gasteiger charge is -2.15. The normalized spacial score (nSPS) is 12.4. The van der Waals surface area contributed by atoms with Crippen molar-refractivity contribution in [3.05, 3.63) is 106 Å². The second-order valence-corrected chi connectivity index (χ2v) is 9.03. The second-order valence-electron chi connectivity index (χ2n) is 9.03. The van der Waals surface area contributed by atoms with E-state index < -0.39 is 11.6 Å². The number of rotatable bonds is 6. The Hall–Kier alpha value is -4.78. The maximum atomic E-state index is 12.9. The summed E-state index contributed by atoms with van der Waals surface area (Å²) < 4.78 is 6.13. The minimum atomic E-state index is -0.532. The molecule has 1 amide bonds. The van der Waals surface area contributed by atoms with Gasteiger partial charge in [0.2, 0.25) is 17.5 Å². The van der Waals surface area contributed by atoms with Gasteiger partial charge in [-0.15, -0.1) is 0 Å². The van der Waals surface area contributed by atoms with E-state index in [9.17, 15) is 14.4 Å². The minimum Gasteiger partial charge on any atom is -0.458 e. The number of amides is 1. The lowest BCUT2D eigenvalue weighted by molar-refractivity contribution is -0.111. The first-order valence-corrected chi connectivity index (χ1v) is 11.9. The molecular formula is C30H25N3O4. The monoisotopic (exact) mass is 491 g/mol. The number of carbonyl (C=O) groups excluding carboxylic acids is 3. The quantitative estimate of drug-likeness (QED) is 0.257. The highest BCUT2D eigenvalue weighted by molar-refractivity contribution is 6.53. The van der Waals surface area contributed by atoms with Crippen molar-refractivity contribution in [1.29, 1.82) is 0 Å². The molecule has 0 spiro atoms. The molecule has 7 nitrogen and oxygen atoms in total. The van der Waals surface area contributed by atoms with Crippen LogP contribution in [0.2, 0.25) is 0 Å². The number of anilines is 2. The van der Waals surface area contributed by atoms with Gasteiger partial charge in [-0.2, -0.15) is 0 Å². The number of nitrogens with zero attached hydrogens (tertiary/aromatic N) is 1. The molecule has 0 radical (unpaired) electrons. The topological polar surface area (TPSA) is 101 Å². The number of carbonyl (C=O) groups is 3. The van der Waals surface area contributed by atoms with E-state index in [-0.39, 0.29) is 5.91 Å². The van der Waals surface area contributed by atoms with Gasteiger partial charge in [0.05, 0.1) is 12.1 Å². The van der Waals surface area contributed by atoms with Crippen molar-refractivity contribution in [2.75, 3.05) is 10.6 Å². The Balaban J connectivity index is 1.28. The number of hydrogen-bond acceptors (Lipinski definition) is 6. The van der Waals surface area contributed by atoms with E-state index in [0.717, 1.165) is 22.4 Å². The second kappa shape index (κ2) is 9.70. The van der Waals surface area contributed by atoms with Crippen LogP contribution in [0.1, 0.15) is 48.7 Å². The number of ketones is 2. The molecule has 1 aliphatic carbocycles. The number of fused-ring (bicyclic) bond motifs is 3. The van der Waals surface area contributed by atoms with E-state index in [2.05, 4.69) is 15.6 Å². The van der Waals surface area contributed by atoms with Crippen LogP contribution in [-0.4, -0.2) is 22.5 Å². The van der Waals surface area contributed by atoms with Crippen LogP contribution in [0.4, 0.5) is 11.4 Å². The molecule has 0 saturated heterocycles. The number of aryl methyl sites for hydroxylation is 2. The van der Waals surface area contributed by atoms with Crippen molar-refractivity contribution in [3.63, 3.8) is 0 Å². The highest BCUT2D eigenvalue weighted by Crippen LogP contribution is 2.39. The third-order valence-electron chi connectivity index (χ3n) is 6.52. The molecule has 2 N–H and O–H groups in total. The molecule has 0 fully saturated rings. The Morgan fingerprint density at radius 3 is 2.35 bits per heavy atom. The third-order valence-corrected chi connectivity index (χ3v) is 6.52. The first-order valence-electron chi connectivity index (χ1n) is 11.9. The van der Waals surface area contributed by atoms with E-state index in [0.29, 0.717) is 46.0 Å². The van der Waals surface area contributed by atoms with E-state index >= 15 is 0 Å². The van der Waals surface area contributed by atoms with E-state index in [1.807, 2.05) is 38.1 Å². The maximum absolute atomic E-state index is 12.9. The van der Waals surface area contributed by atoms with Gasteiger partial charge >= 0.3 is 0 Å². The summed E-state index contributed by atoms with van der Waals surface area (Å²) in [5, 5.41) is 6.11. The molecule has 7 heteroatoms. The molecule has 0 unspecified atom stereocenters. The molecule has 2 aromatic heterocycles. The van der Waals surface area contributed by atoms with Crippen LogP contribution in [-0.2, 0) is 11.3 Å². The molecule has 2 aromatic carbocycles. The van der Waals surface area contributed by atoms with Crippen LogP contribution in [0, 0.1) is 20.8 Å². The van der Waals surface area contributed by atoms with E-state index in [1.165, 1.54) is 6.08 Å². The van der Waals surface area contributed by atoms with E-state index in [1.54, 1.807) is 49.7 Å². The van der Waals surface area contributed by atoms with Crippen molar-refractivity contribution in [1.82, 2.24) is 4.98 Å². The highest BCUT2D eigenvalue weighted by atomic mass is 16.3. The van der Waals surface area contributed by atoms with Gasteiger partial charge < -0.3 is 15.1 Å². The SMILES string of the molecule is Cc1cc2c(cc1C)-c1oc(CNc3ccc(NC(=O)/C=C/c4cccnc4)cc3)c(C)c1C(=O)C2=O. The fourth-order valence-corrected chi connectivity index (χ4v) is 4.30. The molecule has 37 heavy (non-hydrogen) atoms. The van der Waals surface area contributed by atoms with Crippen LogP contribution < -0.4 is 10.6 Å². The summed E-state index contributed by atoms with van der Waals surface area (Å²) in [6.07, 6.45) is 6.51. The molecular weight excluding hydrogens is 466 g/mol. The van der Waals surface area contributed by atoms with Gasteiger partial charge in [-0.3, -0.25) is 19.4 Å². The van der Waals surface area contributed by atoms with Crippen molar-refractivity contribution in [2.45, 2.75) is 27.3 Å². The number of furan rings is 1. The fraction of sp³-hybridized carbons (Fsp3) is 0.133. The zero-order chi connectivity index (χ0) is 26.1. The van der Waals surface area contributed by atoms with Gasteiger partial charge in [0.25, 0.3) is 0 Å². The van der Waals surface area contributed by atoms with Crippen LogP contribution in [0.5, 0.6) is 0 Å². The van der Waals surface area contributed by atoms with E-state index in [4.69, 9.17) is 4.42 Å². The molecule has 4 aromatic rings. The summed E-state index contributed by atoms with van der Waals surface area (Å²) in [6.45, 7) is 6.02. The van der Waals surface area contributed by atoms with Gasteiger partial charge in [-0.25, -0.2) is 0 Å². The smallest absolute Gasteiger partial charge is 0.248 e. The van der Waals surface area contributed by atoms with Crippen molar-refractivity contribution in [3.8, 4) is 11.3 Å². The highest BCUT2D eigenvalue weighted by Gasteiger charge is 2.36. The number of aromatic nitrogens is 1. The molecule has 2 heterocycles. The number of pyridine rings is 1. The summed E-state index contributed by atoms with van der Waals surface area (Å²) in [6, 6.07) is 14.6. The lowest BCUT2D eigenvalue weighted by Crippen LogP contribution is -2.21. The average Bonchev–Trinajstić information content (AvgIpc) is 3.23. The Morgan fingerprint density at radius 1 is 0.946 bits per heavy atom. The Labute approximate surface area is 214 Å². The fourth-order valence-electron chi connectivity index (χ4n) is 4.30.